The number of aliphatic hydroxyl groups excluding tert-OH is 1. The van der Waals surface area contributed by atoms with Gasteiger partial charge in [0.2, 0.25) is 0 Å². The molecule has 1 N–H and O–H groups in total. The van der Waals surface area contributed by atoms with E-state index in [-0.39, 0.29) is 11.5 Å². The van der Waals surface area contributed by atoms with Crippen LogP contribution in [0, 0.1) is 34.5 Å². The molecule has 128 valence electrons. The number of aliphatic hydroxyl groups is 1. The summed E-state index contributed by atoms with van der Waals surface area (Å²) in [5, 5.41) is 11.2. The average Bonchev–Trinajstić information content (AvgIpc) is 2.83. The van der Waals surface area contributed by atoms with E-state index < -0.39 is 0 Å². The van der Waals surface area contributed by atoms with E-state index in [1.807, 2.05) is 6.08 Å². The lowest BCUT2D eigenvalue weighted by atomic mass is 9.46. The molecular weight excluding hydrogens is 284 g/mol. The zero-order valence-electron chi connectivity index (χ0n) is 15.0. The van der Waals surface area contributed by atoms with Gasteiger partial charge in [-0.2, -0.15) is 0 Å². The first-order chi connectivity index (χ1) is 10.9. The van der Waals surface area contributed by atoms with E-state index in [0.29, 0.717) is 29.5 Å². The zero-order chi connectivity index (χ0) is 16.4. The van der Waals surface area contributed by atoms with Crippen molar-refractivity contribution >= 4 is 5.78 Å². The largest absolute Gasteiger partial charge is 0.393 e. The highest BCUT2D eigenvalue weighted by Crippen LogP contribution is 2.66. The summed E-state index contributed by atoms with van der Waals surface area (Å²) in [5.74, 6) is 2.93. The highest BCUT2D eigenvalue weighted by Gasteiger charge is 2.61. The molecule has 0 spiro atoms. The first kappa shape index (κ1) is 15.9. The molecule has 23 heavy (non-hydrogen) atoms. The van der Waals surface area contributed by atoms with E-state index in [1.165, 1.54) is 31.3 Å². The molecule has 0 aromatic rings. The second-order valence-electron chi connectivity index (χ2n) is 9.35. The van der Waals surface area contributed by atoms with Crippen LogP contribution in [0.3, 0.4) is 0 Å². The number of rotatable bonds is 1. The minimum atomic E-state index is -0.185. The number of hydrogen-bond acceptors (Lipinski definition) is 2. The van der Waals surface area contributed by atoms with E-state index >= 15 is 0 Å². The summed E-state index contributed by atoms with van der Waals surface area (Å²) >= 11 is 0. The molecule has 0 aromatic heterocycles. The molecule has 0 unspecified atom stereocenters. The van der Waals surface area contributed by atoms with E-state index in [9.17, 15) is 9.90 Å². The lowest BCUT2D eigenvalue weighted by Crippen LogP contribution is -2.56. The van der Waals surface area contributed by atoms with Crippen molar-refractivity contribution in [3.63, 3.8) is 0 Å². The van der Waals surface area contributed by atoms with E-state index in [0.717, 1.165) is 31.1 Å². The van der Waals surface area contributed by atoms with Gasteiger partial charge in [0.15, 0.2) is 5.78 Å². The van der Waals surface area contributed by atoms with Crippen molar-refractivity contribution in [3.8, 4) is 0 Å². The normalized spacial score (nSPS) is 52.4. The molecule has 0 heterocycles. The predicted octanol–water partition coefficient (Wildman–Crippen LogP) is 4.52. The van der Waals surface area contributed by atoms with Crippen LogP contribution in [0.4, 0.5) is 0 Å². The third-order valence-corrected chi connectivity index (χ3v) is 8.58. The number of allylic oxidation sites excluding steroid dienone is 1. The van der Waals surface area contributed by atoms with Crippen LogP contribution in [0.5, 0.6) is 0 Å². The summed E-state index contributed by atoms with van der Waals surface area (Å²) in [6.07, 6.45) is 10.6. The summed E-state index contributed by atoms with van der Waals surface area (Å²) in [4.78, 5) is 11.9. The number of ketones is 1. The summed E-state index contributed by atoms with van der Waals surface area (Å²) in [5.41, 5.74) is 1.77. The first-order valence-corrected chi connectivity index (χ1v) is 9.82. The Morgan fingerprint density at radius 2 is 2.00 bits per heavy atom. The molecule has 0 amide bonds. The van der Waals surface area contributed by atoms with Crippen molar-refractivity contribution in [3.05, 3.63) is 11.6 Å². The smallest absolute Gasteiger partial charge is 0.155 e. The van der Waals surface area contributed by atoms with E-state index in [1.54, 1.807) is 0 Å². The highest BCUT2D eigenvalue weighted by molar-refractivity contribution is 5.91. The first-order valence-electron chi connectivity index (χ1n) is 9.82. The van der Waals surface area contributed by atoms with Crippen molar-refractivity contribution in [2.75, 3.05) is 0 Å². The number of hydrogen-bond donors (Lipinski definition) is 1. The fourth-order valence-corrected chi connectivity index (χ4v) is 7.46. The fourth-order valence-electron chi connectivity index (χ4n) is 7.46. The van der Waals surface area contributed by atoms with Gasteiger partial charge in [-0.3, -0.25) is 4.79 Å². The predicted molar refractivity (Wildman–Crippen MR) is 91.9 cm³/mol. The van der Waals surface area contributed by atoms with Gasteiger partial charge in [0.05, 0.1) is 6.10 Å². The Balaban J connectivity index is 1.72. The van der Waals surface area contributed by atoms with Crippen LogP contribution in [0.25, 0.3) is 0 Å². The van der Waals surface area contributed by atoms with Gasteiger partial charge in [-0.1, -0.05) is 32.8 Å². The van der Waals surface area contributed by atoms with Gasteiger partial charge in [-0.15, -0.1) is 0 Å². The van der Waals surface area contributed by atoms with Crippen molar-refractivity contribution in [2.24, 2.45) is 34.5 Å². The van der Waals surface area contributed by atoms with E-state index in [2.05, 4.69) is 20.8 Å². The number of fused-ring (bicyclic) bond motifs is 5. The zero-order valence-corrected chi connectivity index (χ0v) is 15.0. The molecule has 2 heteroatoms. The Morgan fingerprint density at radius 1 is 1.22 bits per heavy atom. The highest BCUT2D eigenvalue weighted by atomic mass is 16.3. The van der Waals surface area contributed by atoms with Gasteiger partial charge < -0.3 is 5.11 Å². The lowest BCUT2D eigenvalue weighted by molar-refractivity contribution is -0.133. The maximum atomic E-state index is 11.9. The molecule has 2 nitrogen and oxygen atoms in total. The third kappa shape index (κ3) is 2.06. The number of carbonyl (C=O) groups excluding carboxylic acids is 1. The summed E-state index contributed by atoms with van der Waals surface area (Å²) in [6, 6.07) is 0. The van der Waals surface area contributed by atoms with Crippen molar-refractivity contribution in [2.45, 2.75) is 78.2 Å². The number of carbonyl (C=O) groups is 1. The van der Waals surface area contributed by atoms with Crippen molar-refractivity contribution < 1.29 is 9.90 Å². The Bertz CT molecular complexity index is 550. The van der Waals surface area contributed by atoms with Crippen LogP contribution < -0.4 is 0 Å². The standard InChI is InChI=1S/C21H32O2/c1-4-13-6-8-17-16-7-5-14-11-15(22)9-10-20(14,2)19(16)18(23)12-21(13,17)3/h11,13,16-19,23H,4-10,12H2,1-3H3/t13-,16-,17-,18-,19+,20-,21+/m0/s1. The Morgan fingerprint density at radius 3 is 2.74 bits per heavy atom. The maximum Gasteiger partial charge on any atom is 0.155 e. The molecule has 0 radical (unpaired) electrons. The molecule has 0 saturated heterocycles. The van der Waals surface area contributed by atoms with Crippen molar-refractivity contribution in [1.82, 2.24) is 0 Å². The Hall–Kier alpha value is -0.630. The van der Waals surface area contributed by atoms with Gasteiger partial charge in [-0.05, 0) is 79.1 Å². The minimum absolute atomic E-state index is 0.0713. The van der Waals surface area contributed by atoms with Crippen LogP contribution in [0.15, 0.2) is 11.6 Å². The summed E-state index contributed by atoms with van der Waals surface area (Å²) in [7, 11) is 0. The molecule has 3 saturated carbocycles. The molecule has 0 aliphatic heterocycles. The van der Waals surface area contributed by atoms with Crippen LogP contribution in [0.2, 0.25) is 0 Å². The molecule has 0 aromatic carbocycles. The maximum absolute atomic E-state index is 11.9. The average molecular weight is 316 g/mol. The van der Waals surface area contributed by atoms with Crippen LogP contribution in [-0.4, -0.2) is 17.0 Å². The molecule has 4 aliphatic carbocycles. The summed E-state index contributed by atoms with van der Waals surface area (Å²) < 4.78 is 0. The van der Waals surface area contributed by atoms with Crippen LogP contribution in [0.1, 0.15) is 72.1 Å². The SMILES string of the molecule is CC[C@H]1CC[C@H]2[C@@H]3CCC4=CC(=O)CC[C@]4(C)[C@H]3[C@@H](O)C[C@]12C. The lowest BCUT2D eigenvalue weighted by Gasteiger charge is -2.59. The third-order valence-electron chi connectivity index (χ3n) is 8.58. The molecule has 4 rings (SSSR count). The summed E-state index contributed by atoms with van der Waals surface area (Å²) in [6.45, 7) is 7.14. The molecular formula is C21H32O2. The monoisotopic (exact) mass is 316 g/mol. The van der Waals surface area contributed by atoms with Gasteiger partial charge in [-0.25, -0.2) is 0 Å². The molecule has 7 atom stereocenters. The van der Waals surface area contributed by atoms with Gasteiger partial charge in [0.25, 0.3) is 0 Å². The molecule has 3 fully saturated rings. The minimum Gasteiger partial charge on any atom is -0.393 e. The quantitative estimate of drug-likeness (QED) is 0.772. The van der Waals surface area contributed by atoms with Crippen molar-refractivity contribution in [1.29, 1.82) is 0 Å². The van der Waals surface area contributed by atoms with Gasteiger partial charge in [0.1, 0.15) is 0 Å². The van der Waals surface area contributed by atoms with Gasteiger partial charge >= 0.3 is 0 Å². The molecule has 0 bridgehead atoms. The topological polar surface area (TPSA) is 37.3 Å². The van der Waals surface area contributed by atoms with E-state index in [4.69, 9.17) is 0 Å². The van der Waals surface area contributed by atoms with Crippen LogP contribution in [-0.2, 0) is 4.79 Å². The van der Waals surface area contributed by atoms with Crippen LogP contribution >= 0.6 is 0 Å². The fraction of sp³-hybridized carbons (Fsp3) is 0.857. The van der Waals surface area contributed by atoms with Gasteiger partial charge in [0, 0.05) is 6.42 Å². The Kier molecular flexibility index (Phi) is 3.58. The Labute approximate surface area is 140 Å². The second-order valence-corrected chi connectivity index (χ2v) is 9.35. The molecule has 4 aliphatic rings. The second kappa shape index (κ2) is 5.18.